The van der Waals surface area contributed by atoms with E-state index in [2.05, 4.69) is 0 Å². The molecule has 2 fully saturated rings. The molecular weight excluding hydrogens is 154 g/mol. The number of imide groups is 1. The quantitative estimate of drug-likeness (QED) is 0.489. The van der Waals surface area contributed by atoms with Crippen LogP contribution in [0.4, 0.5) is 0 Å². The number of likely N-dealkylation sites (tertiary alicyclic amines) is 1. The van der Waals surface area contributed by atoms with E-state index in [9.17, 15) is 9.59 Å². The first-order chi connectivity index (χ1) is 5.72. The van der Waals surface area contributed by atoms with Crippen LogP contribution < -0.4 is 4.90 Å². The summed E-state index contributed by atoms with van der Waals surface area (Å²) in [5, 5.41) is 0. The van der Waals surface area contributed by atoms with Crippen molar-refractivity contribution in [3.05, 3.63) is 0 Å². The third kappa shape index (κ3) is 0.926. The lowest BCUT2D eigenvalue weighted by Gasteiger charge is -2.17. The van der Waals surface area contributed by atoms with Crippen LogP contribution in [-0.2, 0) is 9.59 Å². The molecule has 2 rings (SSSR count). The van der Waals surface area contributed by atoms with Gasteiger partial charge >= 0.3 is 11.8 Å². The molecule has 3 nitrogen and oxygen atoms in total. The van der Waals surface area contributed by atoms with Crippen molar-refractivity contribution in [1.29, 1.82) is 0 Å². The zero-order valence-corrected chi connectivity index (χ0v) is 7.30. The minimum Gasteiger partial charge on any atom is -0.230 e. The summed E-state index contributed by atoms with van der Waals surface area (Å²) in [4.78, 5) is 23.5. The van der Waals surface area contributed by atoms with Gasteiger partial charge in [-0.1, -0.05) is 12.8 Å². The third-order valence-corrected chi connectivity index (χ3v) is 3.18. The van der Waals surface area contributed by atoms with Gasteiger partial charge in [0, 0.05) is 0 Å². The van der Waals surface area contributed by atoms with Crippen LogP contribution in [0.5, 0.6) is 0 Å². The maximum absolute atomic E-state index is 11.5. The Labute approximate surface area is 71.7 Å². The molecule has 1 N–H and O–H groups in total. The fourth-order valence-corrected chi connectivity index (χ4v) is 2.44. The Bertz CT molecular complexity index is 213. The molecule has 2 amide bonds. The van der Waals surface area contributed by atoms with E-state index in [0.29, 0.717) is 4.90 Å². The zero-order valence-electron chi connectivity index (χ0n) is 7.30. The number of rotatable bonds is 0. The van der Waals surface area contributed by atoms with Crippen LogP contribution in [0.25, 0.3) is 0 Å². The maximum atomic E-state index is 11.5. The van der Waals surface area contributed by atoms with Crippen LogP contribution in [0.3, 0.4) is 0 Å². The normalized spacial score (nSPS) is 41.6. The summed E-state index contributed by atoms with van der Waals surface area (Å²) >= 11 is 0. The summed E-state index contributed by atoms with van der Waals surface area (Å²) in [5.74, 6) is 0.381. The molecule has 1 saturated heterocycles. The van der Waals surface area contributed by atoms with Crippen LogP contribution >= 0.6 is 0 Å². The number of carbonyl (C=O) groups excluding carboxylic acids is 2. The minimum absolute atomic E-state index is 0.0613. The molecule has 1 aliphatic carbocycles. The number of hydrogen-bond acceptors (Lipinski definition) is 2. The highest BCUT2D eigenvalue weighted by Crippen LogP contribution is 2.31. The molecule has 0 bridgehead atoms. The molecule has 3 heteroatoms. The SMILES string of the molecule is C[NH+]1C(=O)C2CCCCC2C1=O. The van der Waals surface area contributed by atoms with Crippen molar-refractivity contribution in [3.8, 4) is 0 Å². The Balaban J connectivity index is 2.25. The molecule has 2 aliphatic rings. The highest BCUT2D eigenvalue weighted by atomic mass is 16.2. The molecule has 1 saturated carbocycles. The van der Waals surface area contributed by atoms with Crippen molar-refractivity contribution in [1.82, 2.24) is 0 Å². The highest BCUT2D eigenvalue weighted by molar-refractivity contribution is 5.92. The Kier molecular flexibility index (Phi) is 1.76. The van der Waals surface area contributed by atoms with Gasteiger partial charge in [-0.05, 0) is 12.8 Å². The van der Waals surface area contributed by atoms with Crippen molar-refractivity contribution >= 4 is 11.8 Å². The number of amides is 2. The number of hydrogen-bond donors (Lipinski definition) is 1. The van der Waals surface area contributed by atoms with Crippen molar-refractivity contribution in [3.63, 3.8) is 0 Å². The highest BCUT2D eigenvalue weighted by Gasteiger charge is 2.51. The number of carbonyl (C=O) groups is 2. The molecule has 2 atom stereocenters. The van der Waals surface area contributed by atoms with Gasteiger partial charge in [0.2, 0.25) is 0 Å². The fraction of sp³-hybridized carbons (Fsp3) is 0.778. The summed E-state index contributed by atoms with van der Waals surface area (Å²) in [7, 11) is 1.68. The van der Waals surface area contributed by atoms with Gasteiger partial charge in [0.1, 0.15) is 0 Å². The minimum atomic E-state index is 0.0613. The largest absolute Gasteiger partial charge is 0.323 e. The summed E-state index contributed by atoms with van der Waals surface area (Å²) in [6, 6.07) is 0. The Morgan fingerprint density at radius 1 is 1.08 bits per heavy atom. The fourth-order valence-electron chi connectivity index (χ4n) is 2.44. The van der Waals surface area contributed by atoms with Crippen molar-refractivity contribution < 1.29 is 14.5 Å². The zero-order chi connectivity index (χ0) is 8.72. The first-order valence-electron chi connectivity index (χ1n) is 4.64. The Morgan fingerprint density at radius 2 is 1.50 bits per heavy atom. The molecular formula is C9H14NO2+. The van der Waals surface area contributed by atoms with Gasteiger partial charge in [0.05, 0.1) is 18.9 Å². The average molecular weight is 168 g/mol. The van der Waals surface area contributed by atoms with E-state index in [0.717, 1.165) is 25.7 Å². The van der Waals surface area contributed by atoms with Gasteiger partial charge in [-0.3, -0.25) is 0 Å². The first-order valence-corrected chi connectivity index (χ1v) is 4.64. The summed E-state index contributed by atoms with van der Waals surface area (Å²) < 4.78 is 0. The van der Waals surface area contributed by atoms with Crippen LogP contribution in [0.1, 0.15) is 25.7 Å². The molecule has 66 valence electrons. The van der Waals surface area contributed by atoms with E-state index in [-0.39, 0.29) is 23.7 Å². The summed E-state index contributed by atoms with van der Waals surface area (Å²) in [5.41, 5.74) is 0. The van der Waals surface area contributed by atoms with Crippen molar-refractivity contribution in [2.24, 2.45) is 11.8 Å². The monoisotopic (exact) mass is 168 g/mol. The van der Waals surface area contributed by atoms with Gasteiger partial charge < -0.3 is 0 Å². The number of fused-ring (bicyclic) bond motifs is 1. The van der Waals surface area contributed by atoms with Crippen LogP contribution in [0.15, 0.2) is 0 Å². The predicted octanol–water partition coefficient (Wildman–Crippen LogP) is -0.626. The maximum Gasteiger partial charge on any atom is 0.323 e. The molecule has 2 unspecified atom stereocenters. The molecule has 0 aromatic carbocycles. The van der Waals surface area contributed by atoms with Crippen molar-refractivity contribution in [2.75, 3.05) is 7.05 Å². The smallest absolute Gasteiger partial charge is 0.230 e. The molecule has 0 spiro atoms. The van der Waals surface area contributed by atoms with Gasteiger partial charge in [0.25, 0.3) is 0 Å². The van der Waals surface area contributed by atoms with Gasteiger partial charge in [-0.15, -0.1) is 0 Å². The van der Waals surface area contributed by atoms with E-state index in [4.69, 9.17) is 0 Å². The van der Waals surface area contributed by atoms with Crippen LogP contribution in [-0.4, -0.2) is 18.9 Å². The standard InChI is InChI=1S/C9H13NO2/c1-10-8(11)6-4-2-3-5-7(6)9(10)12/h6-7H,2-5H2,1H3/p+1. The Morgan fingerprint density at radius 3 is 1.92 bits per heavy atom. The summed E-state index contributed by atoms with van der Waals surface area (Å²) in [6.45, 7) is 0. The van der Waals surface area contributed by atoms with Gasteiger partial charge in [-0.25, -0.2) is 14.5 Å². The lowest BCUT2D eigenvalue weighted by atomic mass is 9.81. The number of nitrogens with one attached hydrogen (secondary N) is 1. The number of quaternary nitrogens is 1. The lowest BCUT2D eigenvalue weighted by Crippen LogP contribution is -3.12. The second-order valence-electron chi connectivity index (χ2n) is 3.85. The third-order valence-electron chi connectivity index (χ3n) is 3.18. The van der Waals surface area contributed by atoms with E-state index < -0.39 is 0 Å². The van der Waals surface area contributed by atoms with Crippen LogP contribution in [0.2, 0.25) is 0 Å². The van der Waals surface area contributed by atoms with Gasteiger partial charge in [0.15, 0.2) is 0 Å². The van der Waals surface area contributed by atoms with E-state index in [1.54, 1.807) is 7.05 Å². The second-order valence-corrected chi connectivity index (χ2v) is 3.85. The molecule has 0 aromatic rings. The molecule has 1 heterocycles. The second kappa shape index (κ2) is 2.66. The first kappa shape index (κ1) is 7.92. The molecule has 1 aliphatic heterocycles. The topological polar surface area (TPSA) is 38.6 Å². The Hall–Kier alpha value is -0.700. The van der Waals surface area contributed by atoms with E-state index in [1.807, 2.05) is 0 Å². The summed E-state index contributed by atoms with van der Waals surface area (Å²) in [6.07, 6.45) is 4.11. The van der Waals surface area contributed by atoms with E-state index >= 15 is 0 Å². The lowest BCUT2D eigenvalue weighted by molar-refractivity contribution is -0.709. The van der Waals surface area contributed by atoms with E-state index in [1.165, 1.54) is 0 Å². The predicted molar refractivity (Wildman–Crippen MR) is 42.3 cm³/mol. The molecule has 0 radical (unpaired) electrons. The van der Waals surface area contributed by atoms with Crippen molar-refractivity contribution in [2.45, 2.75) is 25.7 Å². The molecule has 12 heavy (non-hydrogen) atoms. The van der Waals surface area contributed by atoms with Crippen LogP contribution in [0, 0.1) is 11.8 Å². The van der Waals surface area contributed by atoms with Gasteiger partial charge in [-0.2, -0.15) is 0 Å². The average Bonchev–Trinajstić information content (AvgIpc) is 2.33. The molecule has 0 aromatic heterocycles.